The molecule has 0 amide bonds. The van der Waals surface area contributed by atoms with E-state index in [2.05, 4.69) is 38.8 Å². The predicted molar refractivity (Wildman–Crippen MR) is 84.5 cm³/mol. The molecule has 0 saturated carbocycles. The first-order valence-corrected chi connectivity index (χ1v) is 7.60. The molecule has 2 atom stereocenters. The van der Waals surface area contributed by atoms with Crippen molar-refractivity contribution >= 4 is 11.6 Å². The quantitative estimate of drug-likeness (QED) is 0.816. The molecule has 0 aliphatic heterocycles. The highest BCUT2D eigenvalue weighted by Crippen LogP contribution is 2.27. The van der Waals surface area contributed by atoms with Crippen LogP contribution >= 0.6 is 11.6 Å². The molecular weight excluding hydrogens is 256 g/mol. The molecule has 1 aromatic carbocycles. The second kappa shape index (κ2) is 7.88. The molecule has 0 aliphatic rings. The van der Waals surface area contributed by atoms with Gasteiger partial charge in [-0.1, -0.05) is 50.4 Å². The molecule has 2 nitrogen and oxygen atoms in total. The van der Waals surface area contributed by atoms with Crippen LogP contribution in [0.15, 0.2) is 24.3 Å². The molecule has 19 heavy (non-hydrogen) atoms. The van der Waals surface area contributed by atoms with E-state index in [-0.39, 0.29) is 0 Å². The maximum Gasteiger partial charge on any atom is 0.0409 e. The molecule has 0 aromatic heterocycles. The first-order valence-electron chi connectivity index (χ1n) is 7.22. The lowest BCUT2D eigenvalue weighted by Crippen LogP contribution is -2.44. The van der Waals surface area contributed by atoms with Crippen molar-refractivity contribution in [1.82, 2.24) is 4.90 Å². The van der Waals surface area contributed by atoms with Gasteiger partial charge in [-0.3, -0.25) is 4.90 Å². The average molecular weight is 283 g/mol. The average Bonchev–Trinajstić information content (AvgIpc) is 2.43. The second-order valence-electron chi connectivity index (χ2n) is 5.28. The summed E-state index contributed by atoms with van der Waals surface area (Å²) in [5.41, 5.74) is 7.25. The fraction of sp³-hybridized carbons (Fsp3) is 0.625. The Labute approximate surface area is 122 Å². The molecule has 1 aromatic rings. The minimum absolute atomic E-state index is 0.327. The molecule has 0 bridgehead atoms. The number of halogens is 1. The van der Waals surface area contributed by atoms with Crippen LogP contribution in [0.2, 0.25) is 5.02 Å². The van der Waals surface area contributed by atoms with Crippen LogP contribution in [-0.2, 0) is 0 Å². The minimum atomic E-state index is 0.327. The van der Waals surface area contributed by atoms with Gasteiger partial charge in [0.05, 0.1) is 0 Å². The predicted octanol–water partition coefficient (Wildman–Crippen LogP) is 4.10. The van der Waals surface area contributed by atoms with Crippen LogP contribution in [-0.4, -0.2) is 24.5 Å². The molecule has 108 valence electrons. The largest absolute Gasteiger partial charge is 0.329 e. The van der Waals surface area contributed by atoms with Gasteiger partial charge >= 0.3 is 0 Å². The van der Waals surface area contributed by atoms with Gasteiger partial charge in [-0.15, -0.1) is 0 Å². The van der Waals surface area contributed by atoms with Crippen LogP contribution in [0.5, 0.6) is 0 Å². The Kier molecular flexibility index (Phi) is 6.84. The van der Waals surface area contributed by atoms with Crippen molar-refractivity contribution in [3.8, 4) is 0 Å². The molecule has 0 spiro atoms. The summed E-state index contributed by atoms with van der Waals surface area (Å²) in [6, 6.07) is 8.85. The molecule has 2 unspecified atom stereocenters. The molecule has 3 heteroatoms. The fourth-order valence-electron chi connectivity index (χ4n) is 2.81. The Morgan fingerprint density at radius 3 is 2.37 bits per heavy atom. The topological polar surface area (TPSA) is 29.3 Å². The first-order chi connectivity index (χ1) is 9.04. The smallest absolute Gasteiger partial charge is 0.0409 e. The van der Waals surface area contributed by atoms with Gasteiger partial charge in [0.2, 0.25) is 0 Å². The molecule has 0 heterocycles. The van der Waals surface area contributed by atoms with Gasteiger partial charge in [0.15, 0.2) is 0 Å². The highest BCUT2D eigenvalue weighted by Gasteiger charge is 2.25. The van der Waals surface area contributed by atoms with Crippen LogP contribution in [0.4, 0.5) is 0 Å². The van der Waals surface area contributed by atoms with Crippen molar-refractivity contribution in [3.05, 3.63) is 34.9 Å². The van der Waals surface area contributed by atoms with E-state index in [9.17, 15) is 0 Å². The number of likely N-dealkylation sites (N-methyl/N-ethyl adjacent to an activating group) is 1. The van der Waals surface area contributed by atoms with Crippen LogP contribution in [0.3, 0.4) is 0 Å². The van der Waals surface area contributed by atoms with Crippen molar-refractivity contribution < 1.29 is 0 Å². The fourth-order valence-corrected chi connectivity index (χ4v) is 3.01. The number of nitrogens with zero attached hydrogens (tertiary/aromatic N) is 1. The maximum absolute atomic E-state index is 6.08. The summed E-state index contributed by atoms with van der Waals surface area (Å²) < 4.78 is 0. The van der Waals surface area contributed by atoms with Crippen molar-refractivity contribution in [2.45, 2.75) is 45.7 Å². The van der Waals surface area contributed by atoms with E-state index in [0.717, 1.165) is 5.02 Å². The van der Waals surface area contributed by atoms with Gasteiger partial charge in [0, 0.05) is 23.7 Å². The first kappa shape index (κ1) is 16.5. The summed E-state index contributed by atoms with van der Waals surface area (Å²) in [6.45, 7) is 7.41. The van der Waals surface area contributed by atoms with E-state index in [0.29, 0.717) is 24.5 Å². The van der Waals surface area contributed by atoms with Crippen molar-refractivity contribution in [2.24, 2.45) is 11.7 Å². The summed E-state index contributed by atoms with van der Waals surface area (Å²) >= 11 is 6.08. The van der Waals surface area contributed by atoms with Crippen LogP contribution in [0, 0.1) is 5.92 Å². The molecule has 0 aliphatic carbocycles. The normalized spacial score (nSPS) is 14.9. The van der Waals surface area contributed by atoms with Crippen LogP contribution < -0.4 is 5.73 Å². The van der Waals surface area contributed by atoms with Gasteiger partial charge in [-0.25, -0.2) is 0 Å². The Bertz CT molecular complexity index is 377. The van der Waals surface area contributed by atoms with E-state index in [1.165, 1.54) is 18.4 Å². The number of hydrogen-bond donors (Lipinski definition) is 1. The summed E-state index contributed by atoms with van der Waals surface area (Å²) in [4.78, 5) is 2.39. The molecule has 1 rings (SSSR count). The van der Waals surface area contributed by atoms with Crippen molar-refractivity contribution in [2.75, 3.05) is 13.6 Å². The Hall–Kier alpha value is -0.570. The van der Waals surface area contributed by atoms with Crippen LogP contribution in [0.1, 0.15) is 45.2 Å². The van der Waals surface area contributed by atoms with Crippen molar-refractivity contribution in [1.29, 1.82) is 0 Å². The van der Waals surface area contributed by atoms with Crippen LogP contribution in [0.25, 0.3) is 0 Å². The van der Waals surface area contributed by atoms with Gasteiger partial charge in [-0.05, 0) is 37.6 Å². The zero-order valence-corrected chi connectivity index (χ0v) is 13.3. The van der Waals surface area contributed by atoms with E-state index < -0.39 is 0 Å². The highest BCUT2D eigenvalue weighted by atomic mass is 35.5. The van der Waals surface area contributed by atoms with Crippen molar-refractivity contribution in [3.63, 3.8) is 0 Å². The Morgan fingerprint density at radius 2 is 1.89 bits per heavy atom. The highest BCUT2D eigenvalue weighted by molar-refractivity contribution is 6.30. The summed E-state index contributed by atoms with van der Waals surface area (Å²) in [7, 11) is 2.17. The van der Waals surface area contributed by atoms with E-state index in [4.69, 9.17) is 17.3 Å². The lowest BCUT2D eigenvalue weighted by molar-refractivity contribution is 0.130. The van der Waals surface area contributed by atoms with E-state index in [1.807, 2.05) is 18.2 Å². The SMILES string of the molecule is CCC(CC)C(CN)N(C)C(C)c1cccc(Cl)c1. The number of nitrogens with two attached hydrogens (primary N) is 1. The number of rotatable bonds is 7. The third kappa shape index (κ3) is 4.20. The molecule has 0 saturated heterocycles. The summed E-state index contributed by atoms with van der Waals surface area (Å²) in [5, 5.41) is 0.796. The maximum atomic E-state index is 6.08. The minimum Gasteiger partial charge on any atom is -0.329 e. The summed E-state index contributed by atoms with van der Waals surface area (Å²) in [6.07, 6.45) is 2.34. The lowest BCUT2D eigenvalue weighted by atomic mass is 9.91. The third-order valence-corrected chi connectivity index (χ3v) is 4.53. The molecule has 0 radical (unpaired) electrons. The zero-order valence-electron chi connectivity index (χ0n) is 12.6. The number of hydrogen-bond acceptors (Lipinski definition) is 2. The van der Waals surface area contributed by atoms with Gasteiger partial charge < -0.3 is 5.73 Å². The van der Waals surface area contributed by atoms with E-state index >= 15 is 0 Å². The number of benzene rings is 1. The summed E-state index contributed by atoms with van der Waals surface area (Å²) in [5.74, 6) is 0.650. The standard InChI is InChI=1S/C16H27ClN2/c1-5-13(6-2)16(11-18)19(4)12(3)14-8-7-9-15(17)10-14/h7-10,12-13,16H,5-6,11,18H2,1-4H3. The Morgan fingerprint density at radius 1 is 1.26 bits per heavy atom. The second-order valence-corrected chi connectivity index (χ2v) is 5.71. The van der Waals surface area contributed by atoms with Gasteiger partial charge in [0.1, 0.15) is 0 Å². The van der Waals surface area contributed by atoms with Gasteiger partial charge in [-0.2, -0.15) is 0 Å². The molecule has 2 N–H and O–H groups in total. The molecular formula is C16H27ClN2. The van der Waals surface area contributed by atoms with Gasteiger partial charge in [0.25, 0.3) is 0 Å². The van der Waals surface area contributed by atoms with E-state index in [1.54, 1.807) is 0 Å². The Balaban J connectivity index is 2.87. The zero-order chi connectivity index (χ0) is 14.4. The molecule has 0 fully saturated rings. The lowest BCUT2D eigenvalue weighted by Gasteiger charge is -2.37. The third-order valence-electron chi connectivity index (χ3n) is 4.30. The monoisotopic (exact) mass is 282 g/mol.